The topological polar surface area (TPSA) is 84.7 Å². The maximum atomic E-state index is 9.79. The van der Waals surface area contributed by atoms with Gasteiger partial charge in [0.15, 0.2) is 0 Å². The average molecular weight is 228 g/mol. The molecule has 0 saturated heterocycles. The van der Waals surface area contributed by atoms with Gasteiger partial charge in [-0.2, -0.15) is 4.98 Å². The Morgan fingerprint density at radius 2 is 2.12 bits per heavy atom. The molecule has 0 aliphatic carbocycles. The molecule has 6 nitrogen and oxygen atoms in total. The quantitative estimate of drug-likeness (QED) is 0.728. The highest BCUT2D eigenvalue weighted by Crippen LogP contribution is 2.25. The van der Waals surface area contributed by atoms with Crippen LogP contribution in [0.2, 0.25) is 0 Å². The van der Waals surface area contributed by atoms with E-state index in [1.165, 1.54) is 20.4 Å². The van der Waals surface area contributed by atoms with Crippen molar-refractivity contribution in [1.29, 1.82) is 0 Å². The van der Waals surface area contributed by atoms with Crippen LogP contribution in [0.15, 0.2) is 6.20 Å². The Morgan fingerprint density at radius 3 is 2.69 bits per heavy atom. The Labute approximate surface area is 93.9 Å². The van der Waals surface area contributed by atoms with Crippen molar-refractivity contribution in [2.24, 2.45) is 0 Å². The molecule has 2 N–H and O–H groups in total. The lowest BCUT2D eigenvalue weighted by Gasteiger charge is -2.12. The first-order valence-corrected chi connectivity index (χ1v) is 4.96. The molecule has 1 unspecified atom stereocenters. The fourth-order valence-corrected chi connectivity index (χ4v) is 1.26. The second-order valence-corrected chi connectivity index (χ2v) is 3.19. The van der Waals surface area contributed by atoms with Gasteiger partial charge in [-0.25, -0.2) is 4.98 Å². The third kappa shape index (κ3) is 3.04. The van der Waals surface area contributed by atoms with Crippen LogP contribution in [0, 0.1) is 0 Å². The molecule has 0 spiro atoms. The SMILES string of the molecule is COc1cnc(C(O)CCCO)c(OC)n1. The predicted octanol–water partition coefficient (Wildman–Crippen LogP) is 0.300. The Morgan fingerprint density at radius 1 is 1.38 bits per heavy atom. The summed E-state index contributed by atoms with van der Waals surface area (Å²) in [6.07, 6.45) is 1.53. The van der Waals surface area contributed by atoms with E-state index in [1.54, 1.807) is 0 Å². The predicted molar refractivity (Wildman–Crippen MR) is 56.4 cm³/mol. The highest BCUT2D eigenvalue weighted by molar-refractivity contribution is 5.24. The van der Waals surface area contributed by atoms with E-state index in [0.717, 1.165) is 0 Å². The number of aliphatic hydroxyl groups is 2. The van der Waals surface area contributed by atoms with Crippen LogP contribution in [0.25, 0.3) is 0 Å². The average Bonchev–Trinajstić information content (AvgIpc) is 2.34. The zero-order valence-electron chi connectivity index (χ0n) is 9.38. The minimum atomic E-state index is -0.791. The maximum absolute atomic E-state index is 9.79. The molecule has 1 heterocycles. The van der Waals surface area contributed by atoms with Crippen molar-refractivity contribution in [3.63, 3.8) is 0 Å². The summed E-state index contributed by atoms with van der Waals surface area (Å²) in [5, 5.41) is 18.5. The van der Waals surface area contributed by atoms with Crippen LogP contribution in [0.3, 0.4) is 0 Å². The van der Waals surface area contributed by atoms with Crippen LogP contribution in [0.4, 0.5) is 0 Å². The van der Waals surface area contributed by atoms with Crippen molar-refractivity contribution in [3.05, 3.63) is 11.9 Å². The zero-order chi connectivity index (χ0) is 12.0. The second-order valence-electron chi connectivity index (χ2n) is 3.19. The lowest BCUT2D eigenvalue weighted by Crippen LogP contribution is -2.06. The summed E-state index contributed by atoms with van der Waals surface area (Å²) in [6, 6.07) is 0. The number of hydrogen-bond acceptors (Lipinski definition) is 6. The highest BCUT2D eigenvalue weighted by atomic mass is 16.5. The molecule has 1 aromatic rings. The zero-order valence-corrected chi connectivity index (χ0v) is 9.38. The molecule has 6 heteroatoms. The van der Waals surface area contributed by atoms with Gasteiger partial charge in [0, 0.05) is 6.61 Å². The maximum Gasteiger partial charge on any atom is 0.241 e. The van der Waals surface area contributed by atoms with Crippen molar-refractivity contribution in [1.82, 2.24) is 9.97 Å². The molecule has 0 bridgehead atoms. The lowest BCUT2D eigenvalue weighted by molar-refractivity contribution is 0.142. The molecule has 90 valence electrons. The molecule has 0 aromatic carbocycles. The van der Waals surface area contributed by atoms with Crippen LogP contribution < -0.4 is 9.47 Å². The van der Waals surface area contributed by atoms with E-state index in [2.05, 4.69) is 9.97 Å². The van der Waals surface area contributed by atoms with Crippen LogP contribution in [-0.2, 0) is 0 Å². The number of ether oxygens (including phenoxy) is 2. The lowest BCUT2D eigenvalue weighted by atomic mass is 10.1. The normalized spacial score (nSPS) is 12.2. The number of hydrogen-bond donors (Lipinski definition) is 2. The highest BCUT2D eigenvalue weighted by Gasteiger charge is 2.16. The van der Waals surface area contributed by atoms with Crippen molar-refractivity contribution < 1.29 is 19.7 Å². The van der Waals surface area contributed by atoms with Crippen molar-refractivity contribution in [2.45, 2.75) is 18.9 Å². The summed E-state index contributed by atoms with van der Waals surface area (Å²) in [6.45, 7) is 0.0307. The van der Waals surface area contributed by atoms with Gasteiger partial charge in [-0.3, -0.25) is 0 Å². The van der Waals surface area contributed by atoms with Gasteiger partial charge < -0.3 is 19.7 Å². The summed E-state index contributed by atoms with van der Waals surface area (Å²) in [4.78, 5) is 8.04. The minimum Gasteiger partial charge on any atom is -0.480 e. The minimum absolute atomic E-state index is 0.0307. The Bertz CT molecular complexity index is 333. The molecule has 1 rings (SSSR count). The molecular weight excluding hydrogens is 212 g/mol. The summed E-state index contributed by atoms with van der Waals surface area (Å²) < 4.78 is 9.91. The molecule has 0 amide bonds. The van der Waals surface area contributed by atoms with Gasteiger partial charge in [-0.15, -0.1) is 0 Å². The number of nitrogens with zero attached hydrogens (tertiary/aromatic N) is 2. The summed E-state index contributed by atoms with van der Waals surface area (Å²) in [7, 11) is 2.93. The van der Waals surface area contributed by atoms with Gasteiger partial charge >= 0.3 is 0 Å². The van der Waals surface area contributed by atoms with Crippen LogP contribution in [-0.4, -0.2) is 41.0 Å². The van der Waals surface area contributed by atoms with E-state index in [4.69, 9.17) is 14.6 Å². The van der Waals surface area contributed by atoms with Gasteiger partial charge in [0.1, 0.15) is 11.8 Å². The number of aliphatic hydroxyl groups excluding tert-OH is 2. The molecule has 16 heavy (non-hydrogen) atoms. The third-order valence-electron chi connectivity index (χ3n) is 2.10. The molecule has 0 aliphatic rings. The van der Waals surface area contributed by atoms with Gasteiger partial charge in [0.25, 0.3) is 0 Å². The van der Waals surface area contributed by atoms with Crippen molar-refractivity contribution >= 4 is 0 Å². The first-order chi connectivity index (χ1) is 7.72. The summed E-state index contributed by atoms with van der Waals surface area (Å²) in [5.74, 6) is 0.569. The van der Waals surface area contributed by atoms with E-state index in [-0.39, 0.29) is 12.5 Å². The number of aromatic nitrogens is 2. The monoisotopic (exact) mass is 228 g/mol. The van der Waals surface area contributed by atoms with E-state index in [9.17, 15) is 5.11 Å². The Kier molecular flexibility index (Phi) is 4.94. The third-order valence-corrected chi connectivity index (χ3v) is 2.10. The van der Waals surface area contributed by atoms with Gasteiger partial charge in [0.05, 0.1) is 20.4 Å². The first kappa shape index (κ1) is 12.7. The summed E-state index contributed by atoms with van der Waals surface area (Å²) >= 11 is 0. The molecule has 0 aliphatic heterocycles. The van der Waals surface area contributed by atoms with Gasteiger partial charge in [-0.05, 0) is 12.8 Å². The van der Waals surface area contributed by atoms with Gasteiger partial charge in [-0.1, -0.05) is 0 Å². The molecule has 1 atom stereocenters. The first-order valence-electron chi connectivity index (χ1n) is 4.96. The van der Waals surface area contributed by atoms with E-state index >= 15 is 0 Å². The van der Waals surface area contributed by atoms with Crippen LogP contribution in [0.1, 0.15) is 24.6 Å². The Balaban J connectivity index is 2.85. The van der Waals surface area contributed by atoms with E-state index in [1.807, 2.05) is 0 Å². The van der Waals surface area contributed by atoms with E-state index < -0.39 is 6.10 Å². The largest absolute Gasteiger partial charge is 0.480 e. The molecule has 0 radical (unpaired) electrons. The second kappa shape index (κ2) is 6.24. The van der Waals surface area contributed by atoms with Crippen molar-refractivity contribution in [2.75, 3.05) is 20.8 Å². The number of rotatable bonds is 6. The number of methoxy groups -OCH3 is 2. The standard InChI is InChI=1S/C10H16N2O4/c1-15-8-6-11-9(10(12-8)16-2)7(14)4-3-5-13/h6-7,13-14H,3-5H2,1-2H3. The molecule has 0 fully saturated rings. The van der Waals surface area contributed by atoms with E-state index in [0.29, 0.717) is 24.4 Å². The van der Waals surface area contributed by atoms with Crippen molar-refractivity contribution in [3.8, 4) is 11.8 Å². The van der Waals surface area contributed by atoms with Crippen LogP contribution in [0.5, 0.6) is 11.8 Å². The molecule has 1 aromatic heterocycles. The Hall–Kier alpha value is -1.40. The smallest absolute Gasteiger partial charge is 0.241 e. The molecular formula is C10H16N2O4. The fourth-order valence-electron chi connectivity index (χ4n) is 1.26. The van der Waals surface area contributed by atoms with Gasteiger partial charge in [0.2, 0.25) is 11.8 Å². The fraction of sp³-hybridized carbons (Fsp3) is 0.600. The van der Waals surface area contributed by atoms with Crippen LogP contribution >= 0.6 is 0 Å². The molecule has 0 saturated carbocycles. The summed E-state index contributed by atoms with van der Waals surface area (Å²) in [5.41, 5.74) is 0.358.